The van der Waals surface area contributed by atoms with E-state index in [0.29, 0.717) is 6.79 Å². The Labute approximate surface area is 224 Å². The minimum absolute atomic E-state index is 0.0728. The fourth-order valence-electron chi connectivity index (χ4n) is 9.04. The highest BCUT2D eigenvalue weighted by molar-refractivity contribution is 7.13. The lowest BCUT2D eigenvalue weighted by Crippen LogP contribution is -2.72. The van der Waals surface area contributed by atoms with Gasteiger partial charge in [0.15, 0.2) is 14.9 Å². The maximum atomic E-state index is 6.33. The number of benzene rings is 3. The zero-order chi connectivity index (χ0) is 25.7. The van der Waals surface area contributed by atoms with Crippen LogP contribution >= 0.6 is 0 Å². The van der Waals surface area contributed by atoms with E-state index in [9.17, 15) is 0 Å². The molecule has 4 saturated carbocycles. The minimum atomic E-state index is -2.41. The lowest BCUT2D eigenvalue weighted by molar-refractivity contribution is -0.00878. The van der Waals surface area contributed by atoms with Crippen LogP contribution in [0.4, 0.5) is 0 Å². The molecule has 3 heteroatoms. The summed E-state index contributed by atoms with van der Waals surface area (Å²) >= 11 is 0. The molecule has 4 aliphatic carbocycles. The summed E-state index contributed by atoms with van der Waals surface area (Å²) in [6.45, 7) is 7.68. The van der Waals surface area contributed by atoms with Gasteiger partial charge in [0.05, 0.1) is 0 Å². The molecule has 0 atom stereocenters. The first kappa shape index (κ1) is 24.9. The summed E-state index contributed by atoms with van der Waals surface area (Å²) < 4.78 is 11.7. The number of ether oxygens (including phenoxy) is 2. The molecule has 0 aromatic heterocycles. The molecule has 4 aliphatic rings. The van der Waals surface area contributed by atoms with E-state index >= 15 is 0 Å². The van der Waals surface area contributed by atoms with E-state index in [1.54, 1.807) is 7.11 Å². The first-order valence-corrected chi connectivity index (χ1v) is 16.2. The predicted octanol–water partition coefficient (Wildman–Crippen LogP) is 6.41. The highest BCUT2D eigenvalue weighted by atomic mass is 28.3. The van der Waals surface area contributed by atoms with Crippen LogP contribution in [0, 0.1) is 17.8 Å². The van der Waals surface area contributed by atoms with Crippen molar-refractivity contribution in [2.45, 2.75) is 69.7 Å². The highest BCUT2D eigenvalue weighted by Crippen LogP contribution is 2.61. The van der Waals surface area contributed by atoms with Gasteiger partial charge in [0, 0.05) is 12.7 Å². The van der Waals surface area contributed by atoms with Crippen LogP contribution in [-0.2, 0) is 10.2 Å². The Hall–Kier alpha value is -2.36. The van der Waals surface area contributed by atoms with E-state index in [-0.39, 0.29) is 10.5 Å². The second-order valence-electron chi connectivity index (χ2n) is 13.2. The predicted molar refractivity (Wildman–Crippen MR) is 156 cm³/mol. The molecule has 0 heterocycles. The second-order valence-corrected chi connectivity index (χ2v) is 17.9. The van der Waals surface area contributed by atoms with E-state index in [4.69, 9.17) is 9.47 Å². The van der Waals surface area contributed by atoms with Crippen LogP contribution < -0.4 is 20.3 Å². The molecule has 7 rings (SSSR count). The fourth-order valence-corrected chi connectivity index (χ4v) is 14.7. The zero-order valence-electron chi connectivity index (χ0n) is 23.0. The van der Waals surface area contributed by atoms with Gasteiger partial charge in [0.1, 0.15) is 5.75 Å². The van der Waals surface area contributed by atoms with Gasteiger partial charge < -0.3 is 9.47 Å². The number of hydrogen-bond acceptors (Lipinski definition) is 2. The molecule has 0 N–H and O–H groups in total. The summed E-state index contributed by atoms with van der Waals surface area (Å²) in [6, 6.07) is 30.0. The van der Waals surface area contributed by atoms with Crippen molar-refractivity contribution in [2.24, 2.45) is 17.8 Å². The van der Waals surface area contributed by atoms with Crippen molar-refractivity contribution >= 4 is 23.6 Å². The molecule has 3 aromatic carbocycles. The van der Waals surface area contributed by atoms with Crippen LogP contribution in [0.1, 0.15) is 64.9 Å². The van der Waals surface area contributed by atoms with Crippen LogP contribution in [0.2, 0.25) is 5.04 Å². The van der Waals surface area contributed by atoms with Crippen LogP contribution in [0.25, 0.3) is 0 Å². The quantitative estimate of drug-likeness (QED) is 0.208. The van der Waals surface area contributed by atoms with Crippen LogP contribution in [-0.4, -0.2) is 22.0 Å². The van der Waals surface area contributed by atoms with Crippen molar-refractivity contribution < 1.29 is 9.47 Å². The molecular formula is C34H42O2Si. The lowest BCUT2D eigenvalue weighted by atomic mass is 9.48. The van der Waals surface area contributed by atoms with E-state index in [1.165, 1.54) is 59.6 Å². The Bertz CT molecular complexity index is 1150. The fraction of sp³-hybridized carbons (Fsp3) is 0.471. The van der Waals surface area contributed by atoms with E-state index in [2.05, 4.69) is 99.6 Å². The minimum Gasteiger partial charge on any atom is -0.467 e. The number of methoxy groups -OCH3 is 1. The van der Waals surface area contributed by atoms with Gasteiger partial charge in [-0.1, -0.05) is 93.6 Å². The normalized spacial score (nSPS) is 26.9. The molecule has 3 aromatic rings. The molecule has 0 amide bonds. The third-order valence-corrected chi connectivity index (χ3v) is 15.7. The van der Waals surface area contributed by atoms with Crippen molar-refractivity contribution in [3.8, 4) is 5.75 Å². The standard InChI is InChI=1S/C34H42O2Si/c1-33(2,3)37(28-11-7-5-8-12-28,29-13-9-6-10-14-29)30-15-16-32(36-24-35-4)31(20-30)34-21-25-17-26(22-34)19-27(18-25)23-34/h5-16,20,25-27H,17-19,21-24H2,1-4H3. The van der Waals surface area contributed by atoms with Gasteiger partial charge in [-0.2, -0.15) is 0 Å². The second kappa shape index (κ2) is 9.43. The monoisotopic (exact) mass is 510 g/mol. The average molecular weight is 511 g/mol. The first-order valence-electron chi connectivity index (χ1n) is 14.2. The van der Waals surface area contributed by atoms with Gasteiger partial charge in [0.2, 0.25) is 0 Å². The van der Waals surface area contributed by atoms with Crippen molar-refractivity contribution in [2.75, 3.05) is 13.9 Å². The van der Waals surface area contributed by atoms with E-state index in [0.717, 1.165) is 23.5 Å². The summed E-state index contributed by atoms with van der Waals surface area (Å²) in [5.74, 6) is 3.71. The Morgan fingerprint density at radius 2 is 1.24 bits per heavy atom. The third-order valence-electron chi connectivity index (χ3n) is 9.89. The molecule has 4 bridgehead atoms. The molecule has 37 heavy (non-hydrogen) atoms. The summed E-state index contributed by atoms with van der Waals surface area (Å²) in [5, 5.41) is 4.54. The number of hydrogen-bond donors (Lipinski definition) is 0. The van der Waals surface area contributed by atoms with Crippen molar-refractivity contribution in [3.63, 3.8) is 0 Å². The SMILES string of the molecule is COCOc1ccc([Si](c2ccccc2)(c2ccccc2)C(C)(C)C)cc1C12CC3CC(CC(C3)C1)C2. The van der Waals surface area contributed by atoms with Crippen molar-refractivity contribution in [3.05, 3.63) is 84.4 Å². The van der Waals surface area contributed by atoms with Gasteiger partial charge in [-0.25, -0.2) is 0 Å². The number of rotatable bonds is 7. The highest BCUT2D eigenvalue weighted by Gasteiger charge is 2.54. The molecule has 2 nitrogen and oxygen atoms in total. The van der Waals surface area contributed by atoms with Gasteiger partial charge in [0.25, 0.3) is 0 Å². The Morgan fingerprint density at radius 1 is 0.730 bits per heavy atom. The third kappa shape index (κ3) is 4.10. The summed E-state index contributed by atoms with van der Waals surface area (Å²) in [4.78, 5) is 0. The molecule has 194 valence electrons. The Morgan fingerprint density at radius 3 is 1.70 bits per heavy atom. The van der Waals surface area contributed by atoms with Crippen LogP contribution in [0.3, 0.4) is 0 Å². The molecule has 0 radical (unpaired) electrons. The largest absolute Gasteiger partial charge is 0.467 e. The summed E-state index contributed by atoms with van der Waals surface area (Å²) in [5.41, 5.74) is 1.72. The summed E-state index contributed by atoms with van der Waals surface area (Å²) in [7, 11) is -0.688. The molecule has 0 spiro atoms. The van der Waals surface area contributed by atoms with Gasteiger partial charge in [-0.3, -0.25) is 0 Å². The first-order chi connectivity index (χ1) is 17.9. The topological polar surface area (TPSA) is 18.5 Å². The molecule has 4 fully saturated rings. The maximum absolute atomic E-state index is 6.33. The zero-order valence-corrected chi connectivity index (χ0v) is 24.0. The molecule has 0 saturated heterocycles. The van der Waals surface area contributed by atoms with Gasteiger partial charge in [-0.15, -0.1) is 0 Å². The Kier molecular flexibility index (Phi) is 6.36. The smallest absolute Gasteiger partial charge is 0.188 e. The van der Waals surface area contributed by atoms with E-state index in [1.807, 2.05) is 0 Å². The van der Waals surface area contributed by atoms with Gasteiger partial charge >= 0.3 is 0 Å². The van der Waals surface area contributed by atoms with Crippen LogP contribution in [0.5, 0.6) is 5.75 Å². The van der Waals surface area contributed by atoms with Crippen molar-refractivity contribution in [1.29, 1.82) is 0 Å². The van der Waals surface area contributed by atoms with Gasteiger partial charge in [-0.05, 0) is 88.4 Å². The Balaban J connectivity index is 1.60. The molecule has 0 unspecified atom stereocenters. The molecule has 0 aliphatic heterocycles. The van der Waals surface area contributed by atoms with Crippen LogP contribution in [0.15, 0.2) is 78.9 Å². The molecular weight excluding hydrogens is 468 g/mol. The van der Waals surface area contributed by atoms with E-state index < -0.39 is 8.07 Å². The van der Waals surface area contributed by atoms with Crippen molar-refractivity contribution in [1.82, 2.24) is 0 Å². The summed E-state index contributed by atoms with van der Waals surface area (Å²) in [6.07, 6.45) is 8.32. The maximum Gasteiger partial charge on any atom is 0.188 e. The average Bonchev–Trinajstić information content (AvgIpc) is 2.88. The lowest BCUT2D eigenvalue weighted by Gasteiger charge is -2.57.